The first-order chi connectivity index (χ1) is 18.3. The summed E-state index contributed by atoms with van der Waals surface area (Å²) in [5, 5.41) is 22.8. The van der Waals surface area contributed by atoms with Gasteiger partial charge < -0.3 is 21.1 Å². The van der Waals surface area contributed by atoms with E-state index < -0.39 is 30.5 Å². The Balaban J connectivity index is 1.58. The molecule has 0 spiro atoms. The van der Waals surface area contributed by atoms with Crippen LogP contribution < -0.4 is 16.4 Å². The van der Waals surface area contributed by atoms with Crippen molar-refractivity contribution in [2.24, 2.45) is 5.73 Å². The van der Waals surface area contributed by atoms with Crippen LogP contribution in [-0.2, 0) is 20.9 Å². The highest BCUT2D eigenvalue weighted by Crippen LogP contribution is 2.31. The average Bonchev–Trinajstić information content (AvgIpc) is 3.61. The van der Waals surface area contributed by atoms with Crippen LogP contribution in [0.25, 0.3) is 0 Å². The second kappa shape index (κ2) is 12.5. The van der Waals surface area contributed by atoms with Crippen LogP contribution >= 0.6 is 11.3 Å². The molecule has 10 heteroatoms. The third-order valence-electron chi connectivity index (χ3n) is 6.59. The molecule has 1 aromatic heterocycles. The van der Waals surface area contributed by atoms with Gasteiger partial charge in [0, 0.05) is 17.3 Å². The van der Waals surface area contributed by atoms with Crippen LogP contribution in [-0.4, -0.2) is 58.8 Å². The Morgan fingerprint density at radius 3 is 2.21 bits per heavy atom. The number of hydrogen-bond acceptors (Lipinski definition) is 6. The zero-order valence-corrected chi connectivity index (χ0v) is 21.6. The Kier molecular flexibility index (Phi) is 8.88. The van der Waals surface area contributed by atoms with Gasteiger partial charge >= 0.3 is 5.97 Å². The average molecular weight is 534 g/mol. The van der Waals surface area contributed by atoms with E-state index in [1.807, 2.05) is 66.7 Å². The highest BCUT2D eigenvalue weighted by Gasteiger charge is 2.40. The van der Waals surface area contributed by atoms with Gasteiger partial charge in [0.2, 0.25) is 11.8 Å². The Labute approximate surface area is 225 Å². The van der Waals surface area contributed by atoms with Gasteiger partial charge in [-0.05, 0) is 36.1 Å². The predicted octanol–water partition coefficient (Wildman–Crippen LogP) is 2.51. The van der Waals surface area contributed by atoms with Crippen molar-refractivity contribution >= 4 is 35.0 Å². The van der Waals surface area contributed by atoms with Gasteiger partial charge in [-0.1, -0.05) is 60.7 Å². The number of rotatable bonds is 11. The zero-order chi connectivity index (χ0) is 27.1. The molecule has 198 valence electrons. The van der Waals surface area contributed by atoms with Crippen molar-refractivity contribution in [2.45, 2.75) is 37.4 Å². The van der Waals surface area contributed by atoms with Crippen LogP contribution in [0.3, 0.4) is 0 Å². The van der Waals surface area contributed by atoms with Crippen molar-refractivity contribution in [3.05, 3.63) is 93.7 Å². The van der Waals surface area contributed by atoms with Gasteiger partial charge in [0.25, 0.3) is 0 Å². The molecule has 2 heterocycles. The lowest BCUT2D eigenvalue weighted by Crippen LogP contribution is -2.55. The number of benzene rings is 2. The number of carboxylic acid groups (broad SMARTS) is 1. The van der Waals surface area contributed by atoms with E-state index in [2.05, 4.69) is 10.6 Å². The molecular formula is C28H31N5O4S. The molecule has 4 rings (SSSR count). The minimum atomic E-state index is -1.07. The van der Waals surface area contributed by atoms with Crippen molar-refractivity contribution in [2.75, 3.05) is 13.1 Å². The molecule has 3 aromatic rings. The van der Waals surface area contributed by atoms with E-state index in [1.54, 1.807) is 11.0 Å². The number of hydrogen-bond donors (Lipinski definition) is 5. The van der Waals surface area contributed by atoms with Crippen molar-refractivity contribution in [1.82, 2.24) is 15.5 Å². The normalized spacial score (nSPS) is 15.8. The minimum Gasteiger partial charge on any atom is -0.480 e. The van der Waals surface area contributed by atoms with Gasteiger partial charge in [-0.25, -0.2) is 0 Å². The topological polar surface area (TPSA) is 149 Å². The lowest BCUT2D eigenvalue weighted by atomic mass is 9.84. The quantitative estimate of drug-likeness (QED) is 0.189. The van der Waals surface area contributed by atoms with Crippen molar-refractivity contribution < 1.29 is 19.5 Å². The monoisotopic (exact) mass is 533 g/mol. The maximum atomic E-state index is 14.1. The number of nitrogens with zero attached hydrogens (tertiary/aromatic N) is 1. The Morgan fingerprint density at radius 1 is 1.03 bits per heavy atom. The van der Waals surface area contributed by atoms with E-state index in [9.17, 15) is 19.5 Å². The van der Waals surface area contributed by atoms with E-state index in [4.69, 9.17) is 11.1 Å². The number of nitrogen functional groups attached to an aromatic ring is 1. The highest BCUT2D eigenvalue weighted by atomic mass is 32.1. The van der Waals surface area contributed by atoms with Gasteiger partial charge in [-0.3, -0.25) is 25.1 Å². The summed E-state index contributed by atoms with van der Waals surface area (Å²) >= 11 is 1.34. The molecule has 2 aromatic carbocycles. The maximum absolute atomic E-state index is 14.1. The summed E-state index contributed by atoms with van der Waals surface area (Å²) < 4.78 is 0. The molecule has 0 unspecified atom stereocenters. The third-order valence-corrected chi connectivity index (χ3v) is 7.71. The van der Waals surface area contributed by atoms with E-state index >= 15 is 0 Å². The first-order valence-corrected chi connectivity index (χ1v) is 13.2. The van der Waals surface area contributed by atoms with Crippen molar-refractivity contribution in [3.8, 4) is 0 Å². The number of nitrogens with one attached hydrogen (secondary N) is 3. The molecule has 9 nitrogen and oxygen atoms in total. The molecule has 38 heavy (non-hydrogen) atoms. The Morgan fingerprint density at radius 2 is 1.66 bits per heavy atom. The van der Waals surface area contributed by atoms with E-state index in [0.717, 1.165) is 16.0 Å². The second-order valence-electron chi connectivity index (χ2n) is 9.14. The fourth-order valence-electron chi connectivity index (χ4n) is 4.83. The van der Waals surface area contributed by atoms with Crippen LogP contribution in [0.15, 0.2) is 72.8 Å². The largest absolute Gasteiger partial charge is 0.480 e. The van der Waals surface area contributed by atoms with Crippen LogP contribution in [0.2, 0.25) is 0 Å². The standard InChI is InChI=1S/C28H31N5O4S/c29-26(30)22-14-13-20(38-22)16-32-27(36)21-12-7-15-33(21)28(37)25(31-17-23(34)35)24(18-8-3-1-4-9-18)19-10-5-2-6-11-19/h1-6,8-11,13-14,21,24-25,31H,7,12,15-17H2,(H3,29,30)(H,32,36)(H,34,35)/t21-,25-/m0/s1. The van der Waals surface area contributed by atoms with Crippen LogP contribution in [0.4, 0.5) is 0 Å². The molecule has 0 radical (unpaired) electrons. The SMILES string of the molecule is N=C(N)c1ccc(CNC(=O)[C@@H]2CCCN2C(=O)[C@@H](NCC(=O)O)C(c2ccccc2)c2ccccc2)s1. The Bertz CT molecular complexity index is 1240. The number of nitrogens with two attached hydrogens (primary N) is 1. The molecule has 6 N–H and O–H groups in total. The molecule has 2 atom stereocenters. The first-order valence-electron chi connectivity index (χ1n) is 12.4. The summed E-state index contributed by atoms with van der Waals surface area (Å²) in [5.74, 6) is -2.12. The molecule has 0 bridgehead atoms. The fraction of sp³-hybridized carbons (Fsp3) is 0.286. The second-order valence-corrected chi connectivity index (χ2v) is 10.3. The number of amides is 2. The smallest absolute Gasteiger partial charge is 0.317 e. The summed E-state index contributed by atoms with van der Waals surface area (Å²) in [6, 6.07) is 21.0. The lowest BCUT2D eigenvalue weighted by molar-refractivity contribution is -0.141. The summed E-state index contributed by atoms with van der Waals surface area (Å²) in [4.78, 5) is 41.8. The first kappa shape index (κ1) is 27.0. The lowest BCUT2D eigenvalue weighted by Gasteiger charge is -2.33. The fourth-order valence-corrected chi connectivity index (χ4v) is 5.64. The van der Waals surface area contributed by atoms with Crippen molar-refractivity contribution in [3.63, 3.8) is 0 Å². The van der Waals surface area contributed by atoms with E-state index in [1.165, 1.54) is 11.3 Å². The van der Waals surface area contributed by atoms with Crippen LogP contribution in [0.5, 0.6) is 0 Å². The molecule has 1 saturated heterocycles. The molecule has 1 fully saturated rings. The highest BCUT2D eigenvalue weighted by molar-refractivity contribution is 7.14. The van der Waals surface area contributed by atoms with Crippen molar-refractivity contribution in [1.29, 1.82) is 5.41 Å². The molecule has 0 aliphatic carbocycles. The number of aliphatic carboxylic acids is 1. The summed E-state index contributed by atoms with van der Waals surface area (Å²) in [6.45, 7) is 0.284. The van der Waals surface area contributed by atoms with Gasteiger partial charge in [0.05, 0.1) is 24.0 Å². The summed E-state index contributed by atoms with van der Waals surface area (Å²) in [5.41, 5.74) is 7.27. The number of carbonyl (C=O) groups excluding carboxylic acids is 2. The number of thiophene rings is 1. The molecule has 0 saturated carbocycles. The number of amidine groups is 1. The molecular weight excluding hydrogens is 502 g/mol. The summed E-state index contributed by atoms with van der Waals surface area (Å²) in [6.07, 6.45) is 1.19. The van der Waals surface area contributed by atoms with Crippen LogP contribution in [0.1, 0.15) is 39.6 Å². The molecule has 2 amide bonds. The van der Waals surface area contributed by atoms with Gasteiger partial charge in [-0.15, -0.1) is 11.3 Å². The third kappa shape index (κ3) is 6.45. The van der Waals surface area contributed by atoms with E-state index in [-0.39, 0.29) is 24.2 Å². The van der Waals surface area contributed by atoms with Gasteiger partial charge in [0.1, 0.15) is 11.9 Å². The zero-order valence-electron chi connectivity index (χ0n) is 20.8. The predicted molar refractivity (Wildman–Crippen MR) is 146 cm³/mol. The van der Waals surface area contributed by atoms with E-state index in [0.29, 0.717) is 24.3 Å². The van der Waals surface area contributed by atoms with Gasteiger partial charge in [0.15, 0.2) is 0 Å². The molecule has 1 aliphatic rings. The molecule has 1 aliphatic heterocycles. The Hall–Kier alpha value is -4.02. The minimum absolute atomic E-state index is 0.0218. The number of carboxylic acids is 1. The number of carbonyl (C=O) groups is 3. The summed E-state index contributed by atoms with van der Waals surface area (Å²) in [7, 11) is 0. The van der Waals surface area contributed by atoms with Crippen LogP contribution in [0, 0.1) is 5.41 Å². The van der Waals surface area contributed by atoms with Gasteiger partial charge in [-0.2, -0.15) is 0 Å². The number of likely N-dealkylation sites (tertiary alicyclic amines) is 1. The maximum Gasteiger partial charge on any atom is 0.317 e.